The fourth-order valence-corrected chi connectivity index (χ4v) is 4.37. The Bertz CT molecular complexity index is 1090. The van der Waals surface area contributed by atoms with Crippen LogP contribution in [-0.2, 0) is 19.7 Å². The minimum Gasteiger partial charge on any atom is -0.489 e. The lowest BCUT2D eigenvalue weighted by molar-refractivity contribution is 0.0950. The molecule has 0 bridgehead atoms. The maximum atomic E-state index is 12.9. The Morgan fingerprint density at radius 3 is 2.58 bits per heavy atom. The van der Waals surface area contributed by atoms with Gasteiger partial charge in [0.25, 0.3) is 5.91 Å². The number of carbonyl (C=O) groups is 1. The second kappa shape index (κ2) is 11.7. The molecule has 1 saturated heterocycles. The molecule has 3 aromatic carbocycles. The average molecular weight is 529 g/mol. The largest absolute Gasteiger partial charge is 0.489 e. The van der Waals surface area contributed by atoms with Crippen LogP contribution in [0.25, 0.3) is 0 Å². The van der Waals surface area contributed by atoms with Crippen molar-refractivity contribution in [1.82, 2.24) is 16.0 Å². The molecule has 1 amide bonds. The van der Waals surface area contributed by atoms with Crippen molar-refractivity contribution in [2.75, 3.05) is 19.6 Å². The van der Waals surface area contributed by atoms with Crippen molar-refractivity contribution in [2.45, 2.75) is 19.7 Å². The third-order valence-corrected chi connectivity index (χ3v) is 6.54. The molecule has 0 saturated carbocycles. The van der Waals surface area contributed by atoms with Crippen LogP contribution in [0.1, 0.15) is 27.0 Å². The van der Waals surface area contributed by atoms with E-state index in [9.17, 15) is 4.79 Å². The van der Waals surface area contributed by atoms with Gasteiger partial charge in [-0.2, -0.15) is 0 Å². The first kappa shape index (κ1) is 23.8. The summed E-state index contributed by atoms with van der Waals surface area (Å²) in [6.45, 7) is 4.58. The van der Waals surface area contributed by atoms with Crippen molar-refractivity contribution in [3.63, 3.8) is 0 Å². The van der Waals surface area contributed by atoms with Crippen molar-refractivity contribution in [3.8, 4) is 5.75 Å². The molecule has 3 aromatic rings. The average Bonchev–Trinajstić information content (AvgIpc) is 2.79. The molecule has 4 rings (SSSR count). The van der Waals surface area contributed by atoms with E-state index in [1.165, 1.54) is 0 Å². The summed E-state index contributed by atoms with van der Waals surface area (Å²) in [6.07, 6.45) is 0. The van der Waals surface area contributed by atoms with Crippen LogP contribution in [0.3, 0.4) is 0 Å². The number of halogens is 2. The molecule has 7 heteroatoms. The van der Waals surface area contributed by atoms with E-state index in [4.69, 9.17) is 16.3 Å². The highest BCUT2D eigenvalue weighted by atomic mass is 79.9. The van der Waals surface area contributed by atoms with E-state index in [1.54, 1.807) is 6.07 Å². The Hall–Kier alpha value is -2.38. The van der Waals surface area contributed by atoms with Crippen LogP contribution in [0.5, 0.6) is 5.75 Å². The van der Waals surface area contributed by atoms with Gasteiger partial charge in [0.2, 0.25) is 0 Å². The van der Waals surface area contributed by atoms with E-state index >= 15 is 0 Å². The number of benzene rings is 3. The maximum absolute atomic E-state index is 12.9. The van der Waals surface area contributed by atoms with Gasteiger partial charge in [0.15, 0.2) is 0 Å². The molecule has 3 N–H and O–H groups in total. The number of rotatable bonds is 10. The van der Waals surface area contributed by atoms with Gasteiger partial charge in [-0.25, -0.2) is 0 Å². The van der Waals surface area contributed by atoms with Gasteiger partial charge in [-0.05, 0) is 47.4 Å². The van der Waals surface area contributed by atoms with E-state index in [0.717, 1.165) is 40.8 Å². The van der Waals surface area contributed by atoms with Crippen LogP contribution in [-0.4, -0.2) is 25.5 Å². The maximum Gasteiger partial charge on any atom is 0.251 e. The topological polar surface area (TPSA) is 62.4 Å². The number of nitrogens with one attached hydrogen (secondary N) is 3. The molecule has 1 heterocycles. The van der Waals surface area contributed by atoms with Gasteiger partial charge in [-0.3, -0.25) is 4.79 Å². The Kier molecular flexibility index (Phi) is 8.40. The quantitative estimate of drug-likeness (QED) is 0.350. The van der Waals surface area contributed by atoms with Crippen molar-refractivity contribution in [2.24, 2.45) is 5.92 Å². The lowest BCUT2D eigenvalue weighted by Gasteiger charge is -2.27. The van der Waals surface area contributed by atoms with Crippen molar-refractivity contribution in [3.05, 3.63) is 98.5 Å². The van der Waals surface area contributed by atoms with Gasteiger partial charge in [0, 0.05) is 53.3 Å². The predicted octanol–water partition coefficient (Wildman–Crippen LogP) is 4.92. The summed E-state index contributed by atoms with van der Waals surface area (Å²) in [5.41, 5.74) is 3.64. The molecule has 172 valence electrons. The summed E-state index contributed by atoms with van der Waals surface area (Å²) >= 11 is 9.58. The van der Waals surface area contributed by atoms with Crippen molar-refractivity contribution in [1.29, 1.82) is 0 Å². The summed E-state index contributed by atoms with van der Waals surface area (Å²) < 4.78 is 6.97. The van der Waals surface area contributed by atoms with Crippen molar-refractivity contribution >= 4 is 33.4 Å². The van der Waals surface area contributed by atoms with Crippen LogP contribution in [0.4, 0.5) is 0 Å². The smallest absolute Gasteiger partial charge is 0.251 e. The molecule has 0 unspecified atom stereocenters. The van der Waals surface area contributed by atoms with E-state index in [-0.39, 0.29) is 5.91 Å². The Labute approximate surface area is 208 Å². The first-order valence-corrected chi connectivity index (χ1v) is 12.2. The predicted molar refractivity (Wildman–Crippen MR) is 136 cm³/mol. The highest BCUT2D eigenvalue weighted by Gasteiger charge is 2.16. The molecule has 5 nitrogen and oxygen atoms in total. The minimum atomic E-state index is -0.124. The molecular weight excluding hydrogens is 502 g/mol. The molecule has 0 aliphatic carbocycles. The number of hydrogen-bond acceptors (Lipinski definition) is 4. The molecule has 1 aliphatic heterocycles. The van der Waals surface area contributed by atoms with Gasteiger partial charge < -0.3 is 20.7 Å². The van der Waals surface area contributed by atoms with Crippen LogP contribution < -0.4 is 20.7 Å². The van der Waals surface area contributed by atoms with Gasteiger partial charge in [0.05, 0.1) is 0 Å². The number of hydrogen-bond donors (Lipinski definition) is 3. The summed E-state index contributed by atoms with van der Waals surface area (Å²) in [5, 5.41) is 10.5. The lowest BCUT2D eigenvalue weighted by atomic mass is 10.0. The lowest BCUT2D eigenvalue weighted by Crippen LogP contribution is -2.47. The SMILES string of the molecule is O=C(NCc1ccccc1)c1cc(CNCC2CNC2)cc(OCc2ccc(Cl)cc2Br)c1. The molecule has 0 aromatic heterocycles. The van der Waals surface area contributed by atoms with E-state index in [2.05, 4.69) is 31.9 Å². The molecule has 1 fully saturated rings. The van der Waals surface area contributed by atoms with Gasteiger partial charge in [-0.15, -0.1) is 0 Å². The third-order valence-electron chi connectivity index (χ3n) is 5.56. The highest BCUT2D eigenvalue weighted by Crippen LogP contribution is 2.24. The first-order valence-electron chi connectivity index (χ1n) is 11.0. The standard InChI is InChI=1S/C26H27BrClN3O2/c27-25-11-23(28)7-6-21(25)17-33-24-9-19(12-29-13-20-14-30-15-20)8-22(10-24)26(32)31-16-18-4-2-1-3-5-18/h1-11,20,29-30H,12-17H2,(H,31,32). The third kappa shape index (κ3) is 7.05. The molecule has 0 atom stereocenters. The molecule has 0 spiro atoms. The molecular formula is C26H27BrClN3O2. The fraction of sp³-hybridized carbons (Fsp3) is 0.269. The Morgan fingerprint density at radius 2 is 1.85 bits per heavy atom. The zero-order valence-electron chi connectivity index (χ0n) is 18.2. The molecule has 0 radical (unpaired) electrons. The number of amides is 1. The van der Waals surface area contributed by atoms with Crippen LogP contribution >= 0.6 is 27.5 Å². The Balaban J connectivity index is 1.45. The number of ether oxygens (including phenoxy) is 1. The zero-order valence-corrected chi connectivity index (χ0v) is 20.6. The normalized spacial score (nSPS) is 13.4. The zero-order chi connectivity index (χ0) is 23.0. The van der Waals surface area contributed by atoms with Crippen LogP contribution in [0.2, 0.25) is 5.02 Å². The van der Waals surface area contributed by atoms with E-state index < -0.39 is 0 Å². The van der Waals surface area contributed by atoms with Gasteiger partial charge in [-0.1, -0.05) is 63.9 Å². The van der Waals surface area contributed by atoms with E-state index in [1.807, 2.05) is 60.7 Å². The van der Waals surface area contributed by atoms with Gasteiger partial charge >= 0.3 is 0 Å². The minimum absolute atomic E-state index is 0.124. The number of carbonyl (C=O) groups excluding carboxylic acids is 1. The summed E-state index contributed by atoms with van der Waals surface area (Å²) in [6, 6.07) is 21.2. The first-order chi connectivity index (χ1) is 16.1. The van der Waals surface area contributed by atoms with Crippen LogP contribution in [0, 0.1) is 5.92 Å². The second-order valence-corrected chi connectivity index (χ2v) is 9.50. The van der Waals surface area contributed by atoms with Crippen molar-refractivity contribution < 1.29 is 9.53 Å². The molecule has 1 aliphatic rings. The molecule has 33 heavy (non-hydrogen) atoms. The summed E-state index contributed by atoms with van der Waals surface area (Å²) in [5.74, 6) is 1.20. The van der Waals surface area contributed by atoms with E-state index in [0.29, 0.717) is 41.9 Å². The highest BCUT2D eigenvalue weighted by molar-refractivity contribution is 9.10. The second-order valence-electron chi connectivity index (χ2n) is 8.21. The van der Waals surface area contributed by atoms with Crippen LogP contribution in [0.15, 0.2) is 71.2 Å². The summed E-state index contributed by atoms with van der Waals surface area (Å²) in [7, 11) is 0. The summed E-state index contributed by atoms with van der Waals surface area (Å²) in [4.78, 5) is 12.9. The monoisotopic (exact) mass is 527 g/mol. The van der Waals surface area contributed by atoms with Gasteiger partial charge in [0.1, 0.15) is 12.4 Å². The fourth-order valence-electron chi connectivity index (χ4n) is 3.57. The Morgan fingerprint density at radius 1 is 1.03 bits per heavy atom.